The van der Waals surface area contributed by atoms with Crippen LogP contribution in [0, 0.1) is 0 Å². The van der Waals surface area contributed by atoms with E-state index in [1.807, 2.05) is 30.3 Å². The fraction of sp³-hybridized carbons (Fsp3) is 0.308. The number of benzene rings is 1. The Morgan fingerprint density at radius 3 is 2.65 bits per heavy atom. The average Bonchev–Trinajstić information content (AvgIpc) is 3.34. The molecule has 6 rings (SSSR count). The SMILES string of the molecule is NC1CN(Cc2ccc(C(=O)Nc3ccc(-c4cc5c(N6CCOCC6)ncnc5[nH]4)cc3)nc2Cl)C1. The second kappa shape index (κ2) is 10.1. The highest BCUT2D eigenvalue weighted by Crippen LogP contribution is 2.30. The fourth-order valence-corrected chi connectivity index (χ4v) is 4.94. The first-order chi connectivity index (χ1) is 18.0. The molecule has 1 amide bonds. The summed E-state index contributed by atoms with van der Waals surface area (Å²) in [6.45, 7) is 5.35. The number of carbonyl (C=O) groups is 1. The zero-order valence-corrected chi connectivity index (χ0v) is 20.9. The predicted molar refractivity (Wildman–Crippen MR) is 143 cm³/mol. The molecule has 0 saturated carbocycles. The Morgan fingerprint density at radius 2 is 1.92 bits per heavy atom. The molecular weight excluding hydrogens is 492 g/mol. The van der Waals surface area contributed by atoms with E-state index in [0.717, 1.165) is 59.9 Å². The number of anilines is 2. The van der Waals surface area contributed by atoms with Crippen LogP contribution in [-0.4, -0.2) is 76.2 Å². The topological polar surface area (TPSA) is 125 Å². The summed E-state index contributed by atoms with van der Waals surface area (Å²) in [4.78, 5) is 33.8. The molecule has 2 saturated heterocycles. The molecule has 0 aliphatic carbocycles. The molecule has 1 aromatic carbocycles. The van der Waals surface area contributed by atoms with Gasteiger partial charge >= 0.3 is 0 Å². The zero-order chi connectivity index (χ0) is 25.4. The van der Waals surface area contributed by atoms with Crippen molar-refractivity contribution >= 4 is 40.0 Å². The summed E-state index contributed by atoms with van der Waals surface area (Å²) in [6.07, 6.45) is 1.58. The smallest absolute Gasteiger partial charge is 0.274 e. The number of pyridine rings is 1. The number of halogens is 1. The highest BCUT2D eigenvalue weighted by molar-refractivity contribution is 6.30. The first kappa shape index (κ1) is 23.8. The third kappa shape index (κ3) is 5.01. The van der Waals surface area contributed by atoms with E-state index in [1.54, 1.807) is 12.4 Å². The standard InChI is InChI=1S/C26H27ClN8O2/c27-23-17(12-34-13-18(28)14-34)3-6-21(32-23)26(36)31-19-4-1-16(2-5-19)22-11-20-24(33-22)29-15-30-25(20)35-7-9-37-10-8-35/h1-6,11,15,18H,7-10,12-14,28H2,(H,31,36)(H,29,30,33). The number of nitrogens with zero attached hydrogens (tertiary/aromatic N) is 5. The third-order valence-electron chi connectivity index (χ3n) is 6.71. The van der Waals surface area contributed by atoms with Crippen LogP contribution < -0.4 is 16.0 Å². The maximum absolute atomic E-state index is 12.8. The molecule has 0 radical (unpaired) electrons. The number of rotatable bonds is 6. The van der Waals surface area contributed by atoms with E-state index in [9.17, 15) is 4.79 Å². The van der Waals surface area contributed by atoms with Crippen molar-refractivity contribution in [2.75, 3.05) is 49.6 Å². The largest absolute Gasteiger partial charge is 0.378 e. The predicted octanol–water partition coefficient (Wildman–Crippen LogP) is 2.91. The van der Waals surface area contributed by atoms with Crippen LogP contribution in [0.15, 0.2) is 48.8 Å². The molecule has 0 bridgehead atoms. The normalized spacial score (nSPS) is 16.6. The van der Waals surface area contributed by atoms with Gasteiger partial charge < -0.3 is 25.7 Å². The van der Waals surface area contributed by atoms with Gasteiger partial charge in [0.05, 0.1) is 18.6 Å². The maximum atomic E-state index is 12.8. The van der Waals surface area contributed by atoms with Crippen molar-refractivity contribution in [3.05, 3.63) is 65.2 Å². The van der Waals surface area contributed by atoms with Crippen molar-refractivity contribution in [1.82, 2.24) is 24.8 Å². The summed E-state index contributed by atoms with van der Waals surface area (Å²) in [5.41, 5.74) is 10.3. The van der Waals surface area contributed by atoms with E-state index >= 15 is 0 Å². The van der Waals surface area contributed by atoms with E-state index < -0.39 is 0 Å². The van der Waals surface area contributed by atoms with Gasteiger partial charge in [0.1, 0.15) is 28.6 Å². The van der Waals surface area contributed by atoms with E-state index in [0.29, 0.717) is 30.6 Å². The number of nitrogens with one attached hydrogen (secondary N) is 2. The second-order valence-corrected chi connectivity index (χ2v) is 9.73. The maximum Gasteiger partial charge on any atom is 0.274 e. The molecule has 4 aromatic rings. The molecule has 190 valence electrons. The lowest BCUT2D eigenvalue weighted by Crippen LogP contribution is -2.54. The Kier molecular flexibility index (Phi) is 6.47. The van der Waals surface area contributed by atoms with Gasteiger partial charge in [-0.1, -0.05) is 29.8 Å². The lowest BCUT2D eigenvalue weighted by atomic mass is 10.1. The lowest BCUT2D eigenvalue weighted by molar-refractivity contribution is 0.102. The van der Waals surface area contributed by atoms with Crippen LogP contribution >= 0.6 is 11.6 Å². The van der Waals surface area contributed by atoms with E-state index in [1.165, 1.54) is 0 Å². The Bertz CT molecular complexity index is 1430. The Hall–Kier alpha value is -3.57. The van der Waals surface area contributed by atoms with E-state index in [2.05, 4.69) is 41.1 Å². The summed E-state index contributed by atoms with van der Waals surface area (Å²) < 4.78 is 5.47. The molecule has 2 aliphatic heterocycles. The molecule has 3 aromatic heterocycles. The molecule has 0 atom stereocenters. The number of carbonyl (C=O) groups excluding carboxylic acids is 1. The summed E-state index contributed by atoms with van der Waals surface area (Å²) in [5.74, 6) is 0.591. The van der Waals surface area contributed by atoms with Crippen LogP contribution in [0.5, 0.6) is 0 Å². The molecule has 0 unspecified atom stereocenters. The van der Waals surface area contributed by atoms with Crippen LogP contribution in [0.2, 0.25) is 5.15 Å². The van der Waals surface area contributed by atoms with Gasteiger partial charge in [0.2, 0.25) is 0 Å². The molecule has 10 nitrogen and oxygen atoms in total. The minimum absolute atomic E-state index is 0.223. The molecule has 0 spiro atoms. The minimum atomic E-state index is -0.316. The van der Waals surface area contributed by atoms with Crippen LogP contribution in [0.3, 0.4) is 0 Å². The highest BCUT2D eigenvalue weighted by atomic mass is 35.5. The monoisotopic (exact) mass is 518 g/mol. The number of aromatic amines is 1. The van der Waals surface area contributed by atoms with Crippen molar-refractivity contribution in [3.63, 3.8) is 0 Å². The molecule has 37 heavy (non-hydrogen) atoms. The molecule has 11 heteroatoms. The molecular formula is C26H27ClN8O2. The van der Waals surface area contributed by atoms with Gasteiger partial charge in [0, 0.05) is 55.7 Å². The number of aromatic nitrogens is 4. The van der Waals surface area contributed by atoms with Crippen molar-refractivity contribution in [3.8, 4) is 11.3 Å². The number of likely N-dealkylation sites (tertiary alicyclic amines) is 1. The Morgan fingerprint density at radius 1 is 1.14 bits per heavy atom. The van der Waals surface area contributed by atoms with Crippen LogP contribution in [0.25, 0.3) is 22.3 Å². The molecule has 2 fully saturated rings. The van der Waals surface area contributed by atoms with Gasteiger partial charge in [-0.15, -0.1) is 0 Å². The Balaban J connectivity index is 1.14. The number of nitrogens with two attached hydrogens (primary N) is 1. The fourth-order valence-electron chi connectivity index (χ4n) is 4.73. The number of amides is 1. The van der Waals surface area contributed by atoms with Gasteiger partial charge in [0.15, 0.2) is 0 Å². The van der Waals surface area contributed by atoms with Crippen LogP contribution in [0.4, 0.5) is 11.5 Å². The molecule has 2 aliphatic rings. The van der Waals surface area contributed by atoms with Gasteiger partial charge in [-0.2, -0.15) is 0 Å². The minimum Gasteiger partial charge on any atom is -0.378 e. The second-order valence-electron chi connectivity index (χ2n) is 9.37. The summed E-state index contributed by atoms with van der Waals surface area (Å²) >= 11 is 6.35. The summed E-state index contributed by atoms with van der Waals surface area (Å²) in [6, 6.07) is 13.4. The van der Waals surface area contributed by atoms with Crippen molar-refractivity contribution in [1.29, 1.82) is 0 Å². The van der Waals surface area contributed by atoms with Gasteiger partial charge in [-0.25, -0.2) is 15.0 Å². The number of fused-ring (bicyclic) bond motifs is 1. The summed E-state index contributed by atoms with van der Waals surface area (Å²) in [7, 11) is 0. The average molecular weight is 519 g/mol. The van der Waals surface area contributed by atoms with Gasteiger partial charge in [-0.3, -0.25) is 9.69 Å². The number of hydrogen-bond acceptors (Lipinski definition) is 8. The quantitative estimate of drug-likeness (QED) is 0.333. The number of morpholine rings is 1. The number of ether oxygens (including phenoxy) is 1. The van der Waals surface area contributed by atoms with Crippen molar-refractivity contribution in [2.24, 2.45) is 5.73 Å². The van der Waals surface area contributed by atoms with E-state index in [-0.39, 0.29) is 17.6 Å². The van der Waals surface area contributed by atoms with Crippen LogP contribution in [0.1, 0.15) is 16.1 Å². The number of hydrogen-bond donors (Lipinski definition) is 3. The third-order valence-corrected chi connectivity index (χ3v) is 7.03. The molecule has 4 N–H and O–H groups in total. The van der Waals surface area contributed by atoms with Crippen LogP contribution in [-0.2, 0) is 11.3 Å². The van der Waals surface area contributed by atoms with Crippen molar-refractivity contribution in [2.45, 2.75) is 12.6 Å². The van der Waals surface area contributed by atoms with Gasteiger partial charge in [-0.05, 0) is 29.8 Å². The first-order valence-electron chi connectivity index (χ1n) is 12.2. The highest BCUT2D eigenvalue weighted by Gasteiger charge is 2.24. The zero-order valence-electron chi connectivity index (χ0n) is 20.2. The molecule has 5 heterocycles. The Labute approximate surface area is 218 Å². The van der Waals surface area contributed by atoms with Gasteiger partial charge in [0.25, 0.3) is 5.91 Å². The van der Waals surface area contributed by atoms with Crippen molar-refractivity contribution < 1.29 is 9.53 Å². The summed E-state index contributed by atoms with van der Waals surface area (Å²) in [5, 5.41) is 4.20. The first-order valence-corrected chi connectivity index (χ1v) is 12.6. The lowest BCUT2D eigenvalue weighted by Gasteiger charge is -2.36. The van der Waals surface area contributed by atoms with E-state index in [4.69, 9.17) is 22.1 Å². The number of H-pyrrole nitrogens is 1.